The van der Waals surface area contributed by atoms with Gasteiger partial charge in [0.1, 0.15) is 0 Å². The van der Waals surface area contributed by atoms with Gasteiger partial charge in [-0.05, 0) is 75.8 Å². The van der Waals surface area contributed by atoms with Crippen LogP contribution in [0.3, 0.4) is 0 Å². The first kappa shape index (κ1) is 36.3. The van der Waals surface area contributed by atoms with Gasteiger partial charge >= 0.3 is 69.0 Å². The van der Waals surface area contributed by atoms with Crippen LogP contribution in [-0.4, -0.2) is 69.0 Å². The number of fused-ring (bicyclic) bond motifs is 4. The lowest BCUT2D eigenvalue weighted by atomic mass is 10.4. The minimum atomic E-state index is -3.83. The largest absolute Gasteiger partial charge is 0.510 e. The van der Waals surface area contributed by atoms with Crippen LogP contribution < -0.4 is 15.6 Å². The third kappa shape index (κ3) is 8.42. The second-order valence-electron chi connectivity index (χ2n) is 14.1. The predicted octanol–water partition coefficient (Wildman–Crippen LogP) is 5.34. The maximum atomic E-state index is 7.52. The molecule has 250 valence electrons. The zero-order chi connectivity index (χ0) is 33.7. The summed E-state index contributed by atoms with van der Waals surface area (Å²) in [6, 6.07) is 30.4. The zero-order valence-electron chi connectivity index (χ0n) is 28.8. The second-order valence-corrected chi connectivity index (χ2v) is 41.2. The molecule has 0 aliphatic carbocycles. The van der Waals surface area contributed by atoms with Gasteiger partial charge in [-0.2, -0.15) is 0 Å². The Kier molecular flexibility index (Phi) is 10.1. The molecule has 46 heavy (non-hydrogen) atoms. The van der Waals surface area contributed by atoms with Gasteiger partial charge in [0.2, 0.25) is 0 Å². The van der Waals surface area contributed by atoms with E-state index in [0.29, 0.717) is 0 Å². The van der Waals surface area contributed by atoms with E-state index in [1.54, 1.807) is 0 Å². The lowest BCUT2D eigenvalue weighted by molar-refractivity contribution is 0.147. The summed E-state index contributed by atoms with van der Waals surface area (Å²) in [4.78, 5) is 0. The fourth-order valence-electron chi connectivity index (χ4n) is 6.38. The topological polar surface area (TPSA) is 83.1 Å². The molecular formula is C29H48O9Si8. The van der Waals surface area contributed by atoms with Crippen LogP contribution in [0.2, 0.25) is 72.0 Å². The zero-order valence-corrected chi connectivity index (χ0v) is 36.8. The lowest BCUT2D eigenvalue weighted by Crippen LogP contribution is -2.77. The molecule has 2 atom stereocenters. The highest BCUT2D eigenvalue weighted by atomic mass is 28.6. The van der Waals surface area contributed by atoms with Crippen molar-refractivity contribution in [3.05, 3.63) is 91.0 Å². The van der Waals surface area contributed by atoms with E-state index in [4.69, 9.17) is 37.0 Å². The van der Waals surface area contributed by atoms with Gasteiger partial charge in [-0.15, -0.1) is 0 Å². The van der Waals surface area contributed by atoms with Crippen molar-refractivity contribution in [2.45, 2.75) is 72.0 Å². The molecule has 17 heteroatoms. The summed E-state index contributed by atoms with van der Waals surface area (Å²) in [6.45, 7) is 22.3. The summed E-state index contributed by atoms with van der Waals surface area (Å²) in [5, 5.41) is 2.75. The first-order valence-electron chi connectivity index (χ1n) is 15.7. The van der Waals surface area contributed by atoms with Crippen LogP contribution in [-0.2, 0) is 37.0 Å². The Hall–Kier alpha value is -0.965. The minimum absolute atomic E-state index is 0.831. The molecule has 2 aliphatic rings. The molecule has 0 N–H and O–H groups in total. The van der Waals surface area contributed by atoms with Gasteiger partial charge in [0.25, 0.3) is 0 Å². The molecule has 9 nitrogen and oxygen atoms in total. The Labute approximate surface area is 283 Å². The molecule has 2 fully saturated rings. The van der Waals surface area contributed by atoms with E-state index < -0.39 is 69.0 Å². The average Bonchev–Trinajstić information content (AvgIpc) is 2.89. The monoisotopic (exact) mass is 764 g/mol. The van der Waals surface area contributed by atoms with Crippen molar-refractivity contribution in [3.8, 4) is 0 Å². The van der Waals surface area contributed by atoms with Crippen LogP contribution >= 0.6 is 0 Å². The van der Waals surface area contributed by atoms with Crippen molar-refractivity contribution in [2.24, 2.45) is 0 Å². The molecule has 3 aromatic rings. The van der Waals surface area contributed by atoms with Crippen molar-refractivity contribution < 1.29 is 37.0 Å². The normalized spacial score (nSPS) is 30.1. The van der Waals surface area contributed by atoms with E-state index in [-0.39, 0.29) is 0 Å². The van der Waals surface area contributed by atoms with Crippen molar-refractivity contribution in [2.75, 3.05) is 0 Å². The summed E-state index contributed by atoms with van der Waals surface area (Å²) in [6.07, 6.45) is 0. The van der Waals surface area contributed by atoms with Crippen molar-refractivity contribution in [3.63, 3.8) is 0 Å². The summed E-state index contributed by atoms with van der Waals surface area (Å²) < 4.78 is 64.8. The Bertz CT molecular complexity index is 1460. The van der Waals surface area contributed by atoms with Crippen LogP contribution in [0.1, 0.15) is 0 Å². The number of hydrogen-bond acceptors (Lipinski definition) is 9. The third-order valence-electron chi connectivity index (χ3n) is 7.14. The van der Waals surface area contributed by atoms with E-state index in [2.05, 4.69) is 37.4 Å². The highest BCUT2D eigenvalue weighted by Gasteiger charge is 2.64. The maximum Gasteiger partial charge on any atom is 0.510 e. The van der Waals surface area contributed by atoms with Gasteiger partial charge in [-0.25, -0.2) is 0 Å². The predicted molar refractivity (Wildman–Crippen MR) is 199 cm³/mol. The number of hydrogen-bond donors (Lipinski definition) is 0. The summed E-state index contributed by atoms with van der Waals surface area (Å²) in [7, 11) is -26.2. The molecular weight excluding hydrogens is 717 g/mol. The van der Waals surface area contributed by atoms with Gasteiger partial charge in [0.05, 0.1) is 0 Å². The smallest absolute Gasteiger partial charge is 0.416 e. The van der Waals surface area contributed by atoms with Gasteiger partial charge in [0, 0.05) is 11.7 Å². The van der Waals surface area contributed by atoms with E-state index in [1.165, 1.54) is 0 Å². The molecule has 0 saturated carbocycles. The average molecular weight is 765 g/mol. The van der Waals surface area contributed by atoms with Crippen LogP contribution in [0.25, 0.3) is 0 Å². The molecule has 2 bridgehead atoms. The van der Waals surface area contributed by atoms with E-state index in [0.717, 1.165) is 15.6 Å². The molecule has 2 aliphatic heterocycles. The maximum absolute atomic E-state index is 7.52. The summed E-state index contributed by atoms with van der Waals surface area (Å²) >= 11 is 0. The molecule has 2 heterocycles. The molecule has 0 spiro atoms. The highest BCUT2D eigenvalue weighted by molar-refractivity contribution is 7.04. The molecule has 0 radical (unpaired) electrons. The van der Waals surface area contributed by atoms with Gasteiger partial charge < -0.3 is 37.0 Å². The van der Waals surface area contributed by atoms with Gasteiger partial charge in [-0.1, -0.05) is 91.0 Å². The van der Waals surface area contributed by atoms with E-state index >= 15 is 0 Å². The third-order valence-corrected chi connectivity index (χ3v) is 40.0. The van der Waals surface area contributed by atoms with E-state index in [9.17, 15) is 0 Å². The first-order valence-corrected chi connectivity index (χ1v) is 35.5. The molecule has 5 rings (SSSR count). The highest BCUT2D eigenvalue weighted by Crippen LogP contribution is 2.37. The van der Waals surface area contributed by atoms with Crippen molar-refractivity contribution >= 4 is 84.5 Å². The van der Waals surface area contributed by atoms with Crippen molar-refractivity contribution in [1.29, 1.82) is 0 Å². The first-order chi connectivity index (χ1) is 21.2. The second kappa shape index (κ2) is 12.7. The quantitative estimate of drug-likeness (QED) is 0.329. The SMILES string of the molecule is C[Si]1(C)O[Si](C)(C)O[Si]2(c3ccccc3)O[Si](C)(C)O[Si](C)(O1)O[Si](C)(C)O[Si](c1ccccc1)(c1ccccc1)O[Si](C)(C)O2. The summed E-state index contributed by atoms with van der Waals surface area (Å²) in [5.41, 5.74) is 0. The van der Waals surface area contributed by atoms with Gasteiger partial charge in [0.15, 0.2) is 0 Å². The van der Waals surface area contributed by atoms with Crippen LogP contribution in [0.5, 0.6) is 0 Å². The minimum Gasteiger partial charge on any atom is -0.416 e. The fourth-order valence-corrected chi connectivity index (χ4v) is 47.1. The molecule has 2 saturated heterocycles. The Morgan fingerprint density at radius 2 is 0.587 bits per heavy atom. The lowest BCUT2D eigenvalue weighted by Gasteiger charge is -2.52. The van der Waals surface area contributed by atoms with Crippen LogP contribution in [0, 0.1) is 0 Å². The Morgan fingerprint density at radius 3 is 0.978 bits per heavy atom. The molecule has 2 unspecified atom stereocenters. The number of benzene rings is 3. The fraction of sp³-hybridized carbons (Fsp3) is 0.379. The van der Waals surface area contributed by atoms with Crippen LogP contribution in [0.15, 0.2) is 91.0 Å². The summed E-state index contributed by atoms with van der Waals surface area (Å²) in [5.74, 6) is 0. The molecule has 0 amide bonds. The Morgan fingerprint density at radius 1 is 0.304 bits per heavy atom. The van der Waals surface area contributed by atoms with Crippen molar-refractivity contribution in [1.82, 2.24) is 0 Å². The standard InChI is InChI=1S/C29H48O9Si8/c1-39(2)30-40(3,4)36-46(29-25-19-14-20-26-29)37-42(7,8)33-44(11,31-39)32-41(5,6)34-45(35-43(9,10)38-46,27-21-15-12-16-22-27)28-23-17-13-18-24-28/h12-26H,1-11H3. The van der Waals surface area contributed by atoms with Gasteiger partial charge in [-0.3, -0.25) is 0 Å². The van der Waals surface area contributed by atoms with E-state index in [1.807, 2.05) is 126 Å². The number of rotatable bonds is 3. The molecule has 0 aromatic heterocycles. The molecule has 3 aromatic carbocycles. The van der Waals surface area contributed by atoms with Crippen LogP contribution in [0.4, 0.5) is 0 Å². The Balaban J connectivity index is 1.84.